The zero-order chi connectivity index (χ0) is 11.4. The van der Waals surface area contributed by atoms with Crippen molar-refractivity contribution in [2.75, 3.05) is 11.6 Å². The molecule has 1 N–H and O–H groups in total. The maximum absolute atomic E-state index is 11.7. The zero-order valence-electron chi connectivity index (χ0n) is 9.26. The van der Waals surface area contributed by atoms with Gasteiger partial charge in [0.1, 0.15) is 0 Å². The highest BCUT2D eigenvalue weighted by Crippen LogP contribution is 2.28. The molecule has 5 heteroatoms. The minimum Gasteiger partial charge on any atom is -0.212 e. The number of sulfonamides is 1. The van der Waals surface area contributed by atoms with Gasteiger partial charge in [-0.15, -0.1) is 11.6 Å². The van der Waals surface area contributed by atoms with Crippen LogP contribution in [-0.4, -0.2) is 25.6 Å². The summed E-state index contributed by atoms with van der Waals surface area (Å²) in [6.45, 7) is 2.00. The lowest BCUT2D eigenvalue weighted by molar-refractivity contribution is 0.294. The van der Waals surface area contributed by atoms with E-state index in [0.717, 1.165) is 25.7 Å². The van der Waals surface area contributed by atoms with Crippen LogP contribution in [0.1, 0.15) is 45.4 Å². The van der Waals surface area contributed by atoms with Crippen LogP contribution in [0.5, 0.6) is 0 Å². The maximum Gasteiger partial charge on any atom is 0.212 e. The van der Waals surface area contributed by atoms with Gasteiger partial charge in [-0.25, -0.2) is 13.1 Å². The number of hydrogen-bond acceptors (Lipinski definition) is 2. The maximum atomic E-state index is 11.7. The van der Waals surface area contributed by atoms with Crippen LogP contribution in [0.4, 0.5) is 0 Å². The third kappa shape index (κ3) is 4.70. The van der Waals surface area contributed by atoms with Crippen molar-refractivity contribution in [3.8, 4) is 0 Å². The van der Waals surface area contributed by atoms with Crippen molar-refractivity contribution in [3.63, 3.8) is 0 Å². The summed E-state index contributed by atoms with van der Waals surface area (Å²) in [5.74, 6) is 0.545. The summed E-state index contributed by atoms with van der Waals surface area (Å²) in [7, 11) is -3.14. The molecule has 0 aromatic rings. The van der Waals surface area contributed by atoms with Crippen LogP contribution in [0, 0.1) is 0 Å². The Kier molecular flexibility index (Phi) is 4.87. The van der Waals surface area contributed by atoms with Crippen molar-refractivity contribution in [1.29, 1.82) is 0 Å². The third-order valence-corrected chi connectivity index (χ3v) is 4.80. The van der Waals surface area contributed by atoms with E-state index in [2.05, 4.69) is 4.72 Å². The number of hydrogen-bond donors (Lipinski definition) is 1. The Balaban J connectivity index is 2.51. The molecule has 0 heterocycles. The van der Waals surface area contributed by atoms with Gasteiger partial charge >= 0.3 is 0 Å². The Bertz CT molecular complexity index is 284. The van der Waals surface area contributed by atoms with E-state index in [1.165, 1.54) is 6.42 Å². The average Bonchev–Trinajstić information content (AvgIpc) is 2.14. The minimum atomic E-state index is -3.14. The summed E-state index contributed by atoms with van der Waals surface area (Å²) < 4.78 is 26.2. The highest BCUT2D eigenvalue weighted by atomic mass is 35.5. The van der Waals surface area contributed by atoms with Gasteiger partial charge in [-0.3, -0.25) is 0 Å². The molecule has 0 spiro atoms. The summed E-state index contributed by atoms with van der Waals surface area (Å²) in [5, 5.41) is 0. The molecule has 0 atom stereocenters. The largest absolute Gasteiger partial charge is 0.212 e. The Labute approximate surface area is 97.6 Å². The fourth-order valence-electron chi connectivity index (χ4n) is 2.11. The predicted octanol–water partition coefficient (Wildman–Crippen LogP) is 2.26. The third-order valence-electron chi connectivity index (χ3n) is 2.91. The highest BCUT2D eigenvalue weighted by molar-refractivity contribution is 7.89. The van der Waals surface area contributed by atoms with Gasteiger partial charge in [-0.2, -0.15) is 0 Å². The molecule has 0 bridgehead atoms. The lowest BCUT2D eigenvalue weighted by Crippen LogP contribution is -2.47. The van der Waals surface area contributed by atoms with Gasteiger partial charge in [0.05, 0.1) is 5.75 Å². The van der Waals surface area contributed by atoms with Crippen molar-refractivity contribution in [2.45, 2.75) is 51.0 Å². The monoisotopic (exact) mass is 253 g/mol. The van der Waals surface area contributed by atoms with Crippen LogP contribution >= 0.6 is 11.6 Å². The number of rotatable bonds is 5. The quantitative estimate of drug-likeness (QED) is 0.764. The van der Waals surface area contributed by atoms with Crippen molar-refractivity contribution >= 4 is 21.6 Å². The van der Waals surface area contributed by atoms with Crippen LogP contribution in [0.25, 0.3) is 0 Å². The van der Waals surface area contributed by atoms with E-state index in [0.29, 0.717) is 12.3 Å². The van der Waals surface area contributed by atoms with Crippen LogP contribution in [0.2, 0.25) is 0 Å². The Hall–Kier alpha value is 0.200. The molecule has 1 aliphatic carbocycles. The predicted molar refractivity (Wildman–Crippen MR) is 63.7 cm³/mol. The lowest BCUT2D eigenvalue weighted by Gasteiger charge is -2.34. The molecule has 0 aromatic carbocycles. The van der Waals surface area contributed by atoms with Gasteiger partial charge in [-0.1, -0.05) is 19.3 Å². The second kappa shape index (κ2) is 5.51. The summed E-state index contributed by atoms with van der Waals surface area (Å²) >= 11 is 5.49. The van der Waals surface area contributed by atoms with Crippen LogP contribution in [0.3, 0.4) is 0 Å². The van der Waals surface area contributed by atoms with Gasteiger partial charge < -0.3 is 0 Å². The lowest BCUT2D eigenvalue weighted by atomic mass is 9.84. The van der Waals surface area contributed by atoms with Gasteiger partial charge in [-0.05, 0) is 26.2 Å². The molecule has 0 amide bonds. The van der Waals surface area contributed by atoms with Gasteiger partial charge in [0.25, 0.3) is 0 Å². The molecule has 1 rings (SSSR count). The van der Waals surface area contributed by atoms with Crippen molar-refractivity contribution in [2.24, 2.45) is 0 Å². The first kappa shape index (κ1) is 13.3. The summed E-state index contributed by atoms with van der Waals surface area (Å²) in [6, 6.07) is 0. The Morgan fingerprint density at radius 1 is 1.27 bits per heavy atom. The normalized spacial score (nSPS) is 21.5. The van der Waals surface area contributed by atoms with E-state index in [1.807, 2.05) is 6.92 Å². The van der Waals surface area contributed by atoms with E-state index in [1.54, 1.807) is 0 Å². The van der Waals surface area contributed by atoms with Crippen molar-refractivity contribution in [3.05, 3.63) is 0 Å². The van der Waals surface area contributed by atoms with Gasteiger partial charge in [0, 0.05) is 11.4 Å². The van der Waals surface area contributed by atoms with Gasteiger partial charge in [0.15, 0.2) is 0 Å². The molecule has 3 nitrogen and oxygen atoms in total. The summed E-state index contributed by atoms with van der Waals surface area (Å²) in [6.07, 6.45) is 5.88. The zero-order valence-corrected chi connectivity index (χ0v) is 10.8. The molecule has 0 radical (unpaired) electrons. The van der Waals surface area contributed by atoms with Crippen molar-refractivity contribution in [1.82, 2.24) is 4.72 Å². The molecule has 15 heavy (non-hydrogen) atoms. The molecule has 0 aromatic heterocycles. The standard InChI is InChI=1S/C10H20ClNO2S/c1-10(6-3-2-4-7-10)12-15(13,14)9-5-8-11/h12H,2-9H2,1H3. The van der Waals surface area contributed by atoms with E-state index in [-0.39, 0.29) is 11.3 Å². The summed E-state index contributed by atoms with van der Waals surface area (Å²) in [5.41, 5.74) is -0.219. The molecule has 1 saturated carbocycles. The fraction of sp³-hybridized carbons (Fsp3) is 1.00. The first-order chi connectivity index (χ1) is 6.97. The Morgan fingerprint density at radius 3 is 2.40 bits per heavy atom. The molecule has 1 fully saturated rings. The summed E-state index contributed by atoms with van der Waals surface area (Å²) in [4.78, 5) is 0. The molecular weight excluding hydrogens is 234 g/mol. The molecular formula is C10H20ClNO2S. The minimum absolute atomic E-state index is 0.145. The van der Waals surface area contributed by atoms with Crippen molar-refractivity contribution < 1.29 is 8.42 Å². The van der Waals surface area contributed by atoms with Crippen LogP contribution in [-0.2, 0) is 10.0 Å². The van der Waals surface area contributed by atoms with E-state index >= 15 is 0 Å². The molecule has 0 unspecified atom stereocenters. The molecule has 90 valence electrons. The Morgan fingerprint density at radius 2 is 1.87 bits per heavy atom. The molecule has 0 aliphatic heterocycles. The fourth-order valence-corrected chi connectivity index (χ4v) is 3.98. The smallest absolute Gasteiger partial charge is 0.212 e. The first-order valence-corrected chi connectivity index (χ1v) is 7.74. The SMILES string of the molecule is CC1(NS(=O)(=O)CCCCl)CCCCC1. The average molecular weight is 254 g/mol. The van der Waals surface area contributed by atoms with Crippen LogP contribution < -0.4 is 4.72 Å². The topological polar surface area (TPSA) is 46.2 Å². The number of alkyl halides is 1. The number of nitrogens with one attached hydrogen (secondary N) is 1. The van der Waals surface area contributed by atoms with E-state index in [9.17, 15) is 8.42 Å². The second-order valence-electron chi connectivity index (χ2n) is 4.58. The van der Waals surface area contributed by atoms with E-state index < -0.39 is 10.0 Å². The molecule has 0 saturated heterocycles. The second-order valence-corrected chi connectivity index (χ2v) is 6.80. The highest BCUT2D eigenvalue weighted by Gasteiger charge is 2.30. The molecule has 1 aliphatic rings. The number of halogens is 1. The van der Waals surface area contributed by atoms with Gasteiger partial charge in [0.2, 0.25) is 10.0 Å². The van der Waals surface area contributed by atoms with E-state index in [4.69, 9.17) is 11.6 Å². The van der Waals surface area contributed by atoms with Crippen LogP contribution in [0.15, 0.2) is 0 Å². The first-order valence-electron chi connectivity index (χ1n) is 5.55.